The zero-order chi connectivity index (χ0) is 10.8. The van der Waals surface area contributed by atoms with Gasteiger partial charge in [-0.25, -0.2) is 8.42 Å². The molecule has 1 aromatic rings. The molecule has 0 spiro atoms. The van der Waals surface area contributed by atoms with Gasteiger partial charge < -0.3 is 5.73 Å². The van der Waals surface area contributed by atoms with Gasteiger partial charge in [-0.1, -0.05) is 6.07 Å². The number of nitrogens with two attached hydrogens (primary N) is 1. The maximum atomic E-state index is 10.9. The van der Waals surface area contributed by atoms with E-state index in [1.165, 1.54) is 18.2 Å². The number of hydrogen-bond donors (Lipinski definition) is 2. The van der Waals surface area contributed by atoms with Crippen LogP contribution in [0.5, 0.6) is 0 Å². The van der Waals surface area contributed by atoms with E-state index in [0.717, 1.165) is 6.26 Å². The monoisotopic (exact) mass is 214 g/mol. The van der Waals surface area contributed by atoms with Crippen LogP contribution in [0, 0.1) is 0 Å². The number of carbonyl (C=O) groups excluding carboxylic acids is 1. The first kappa shape index (κ1) is 10.5. The summed E-state index contributed by atoms with van der Waals surface area (Å²) in [6, 6.07) is 5.97. The van der Waals surface area contributed by atoms with Gasteiger partial charge in [0.1, 0.15) is 0 Å². The fraction of sp³-hybridized carbons (Fsp3) is 0.125. The second-order valence-electron chi connectivity index (χ2n) is 2.82. The van der Waals surface area contributed by atoms with Crippen molar-refractivity contribution in [2.24, 2.45) is 5.73 Å². The first-order chi connectivity index (χ1) is 6.38. The number of nitrogens with one attached hydrogen (secondary N) is 1. The van der Waals surface area contributed by atoms with Crippen LogP contribution in [0.4, 0.5) is 5.69 Å². The summed E-state index contributed by atoms with van der Waals surface area (Å²) >= 11 is 0. The van der Waals surface area contributed by atoms with Crippen LogP contribution in [0.3, 0.4) is 0 Å². The number of benzene rings is 1. The second-order valence-corrected chi connectivity index (χ2v) is 4.57. The highest BCUT2D eigenvalue weighted by Gasteiger charge is 2.04. The van der Waals surface area contributed by atoms with Crippen molar-refractivity contribution in [2.75, 3.05) is 11.0 Å². The van der Waals surface area contributed by atoms with E-state index in [4.69, 9.17) is 5.73 Å². The first-order valence-corrected chi connectivity index (χ1v) is 5.65. The normalized spacial score (nSPS) is 10.9. The summed E-state index contributed by atoms with van der Waals surface area (Å²) < 4.78 is 23.9. The van der Waals surface area contributed by atoms with Crippen molar-refractivity contribution in [3.05, 3.63) is 29.8 Å². The van der Waals surface area contributed by atoms with Crippen LogP contribution in [-0.4, -0.2) is 20.6 Å². The van der Waals surface area contributed by atoms with Gasteiger partial charge in [-0.15, -0.1) is 0 Å². The van der Waals surface area contributed by atoms with Crippen molar-refractivity contribution in [1.82, 2.24) is 0 Å². The fourth-order valence-corrected chi connectivity index (χ4v) is 1.51. The Bertz CT molecular complexity index is 453. The summed E-state index contributed by atoms with van der Waals surface area (Å²) in [4.78, 5) is 10.8. The van der Waals surface area contributed by atoms with Gasteiger partial charge in [0.25, 0.3) is 0 Å². The van der Waals surface area contributed by atoms with Crippen molar-refractivity contribution >= 4 is 21.6 Å². The predicted octanol–water partition coefficient (Wildman–Crippen LogP) is 0.157. The topological polar surface area (TPSA) is 89.3 Å². The third kappa shape index (κ3) is 3.06. The molecule has 0 bridgehead atoms. The summed E-state index contributed by atoms with van der Waals surface area (Å²) in [5.74, 6) is -0.595. The van der Waals surface area contributed by atoms with Crippen LogP contribution < -0.4 is 10.5 Å². The smallest absolute Gasteiger partial charge is 0.248 e. The summed E-state index contributed by atoms with van der Waals surface area (Å²) in [5, 5.41) is 0. The van der Waals surface area contributed by atoms with Crippen molar-refractivity contribution in [2.45, 2.75) is 0 Å². The Labute approximate surface area is 82.0 Å². The minimum absolute atomic E-state index is 0.263. The Hall–Kier alpha value is -1.56. The highest BCUT2D eigenvalue weighted by molar-refractivity contribution is 7.92. The molecule has 0 heterocycles. The number of amides is 1. The maximum absolute atomic E-state index is 10.9. The standard InChI is InChI=1S/C8H10N2O3S/c1-14(12,13)10-7-4-2-3-6(5-7)8(9)11/h2-5,10H,1H3,(H2,9,11). The molecule has 0 saturated carbocycles. The summed E-state index contributed by atoms with van der Waals surface area (Å²) in [6.07, 6.45) is 1.03. The molecule has 14 heavy (non-hydrogen) atoms. The van der Waals surface area contributed by atoms with Crippen molar-refractivity contribution in [3.63, 3.8) is 0 Å². The number of rotatable bonds is 3. The molecule has 0 aliphatic heterocycles. The Morgan fingerprint density at radius 3 is 2.57 bits per heavy atom. The number of anilines is 1. The predicted molar refractivity (Wildman–Crippen MR) is 53.4 cm³/mol. The molecule has 0 aromatic heterocycles. The molecule has 76 valence electrons. The number of carbonyl (C=O) groups is 1. The summed E-state index contributed by atoms with van der Waals surface area (Å²) in [6.45, 7) is 0. The fourth-order valence-electron chi connectivity index (χ4n) is 0.950. The van der Waals surface area contributed by atoms with Crippen LogP contribution in [0.2, 0.25) is 0 Å². The van der Waals surface area contributed by atoms with Crippen LogP contribution in [0.25, 0.3) is 0 Å². The average Bonchev–Trinajstić information content (AvgIpc) is 2.01. The van der Waals surface area contributed by atoms with E-state index in [1.807, 2.05) is 0 Å². The van der Waals surface area contributed by atoms with E-state index in [0.29, 0.717) is 5.69 Å². The molecule has 0 saturated heterocycles. The molecule has 6 heteroatoms. The van der Waals surface area contributed by atoms with Crippen LogP contribution in [0.1, 0.15) is 10.4 Å². The molecule has 3 N–H and O–H groups in total. The van der Waals surface area contributed by atoms with Crippen LogP contribution in [0.15, 0.2) is 24.3 Å². The highest BCUT2D eigenvalue weighted by Crippen LogP contribution is 2.11. The van der Waals surface area contributed by atoms with E-state index < -0.39 is 15.9 Å². The third-order valence-corrected chi connectivity index (χ3v) is 2.06. The molecule has 0 fully saturated rings. The molecule has 0 unspecified atom stereocenters. The van der Waals surface area contributed by atoms with E-state index in [9.17, 15) is 13.2 Å². The SMILES string of the molecule is CS(=O)(=O)Nc1cccc(C(N)=O)c1. The third-order valence-electron chi connectivity index (χ3n) is 1.45. The van der Waals surface area contributed by atoms with Crippen molar-refractivity contribution < 1.29 is 13.2 Å². The van der Waals surface area contributed by atoms with E-state index in [2.05, 4.69) is 4.72 Å². The molecule has 1 aromatic carbocycles. The number of hydrogen-bond acceptors (Lipinski definition) is 3. The Balaban J connectivity index is 3.01. The Morgan fingerprint density at radius 2 is 2.07 bits per heavy atom. The van der Waals surface area contributed by atoms with E-state index >= 15 is 0 Å². The van der Waals surface area contributed by atoms with Gasteiger partial charge in [0.05, 0.1) is 6.26 Å². The van der Waals surface area contributed by atoms with Gasteiger partial charge in [-0.3, -0.25) is 9.52 Å². The average molecular weight is 214 g/mol. The largest absolute Gasteiger partial charge is 0.366 e. The molecule has 0 aliphatic rings. The molecule has 0 radical (unpaired) electrons. The highest BCUT2D eigenvalue weighted by atomic mass is 32.2. The van der Waals surface area contributed by atoms with Gasteiger partial charge in [0.2, 0.25) is 15.9 Å². The van der Waals surface area contributed by atoms with Gasteiger partial charge in [0, 0.05) is 11.3 Å². The lowest BCUT2D eigenvalue weighted by molar-refractivity contribution is 0.100. The van der Waals surface area contributed by atoms with Gasteiger partial charge >= 0.3 is 0 Å². The molecule has 5 nitrogen and oxygen atoms in total. The van der Waals surface area contributed by atoms with Gasteiger partial charge in [-0.05, 0) is 18.2 Å². The second kappa shape index (κ2) is 3.67. The van der Waals surface area contributed by atoms with Crippen molar-refractivity contribution in [1.29, 1.82) is 0 Å². The summed E-state index contributed by atoms with van der Waals surface area (Å²) in [5.41, 5.74) is 5.62. The van der Waals surface area contributed by atoms with Crippen LogP contribution >= 0.6 is 0 Å². The zero-order valence-corrected chi connectivity index (χ0v) is 8.34. The first-order valence-electron chi connectivity index (χ1n) is 3.76. The number of primary amides is 1. The van der Waals surface area contributed by atoms with Gasteiger partial charge in [0.15, 0.2) is 0 Å². The van der Waals surface area contributed by atoms with Gasteiger partial charge in [-0.2, -0.15) is 0 Å². The lowest BCUT2D eigenvalue weighted by Gasteiger charge is -2.04. The van der Waals surface area contributed by atoms with E-state index in [-0.39, 0.29) is 5.56 Å². The quantitative estimate of drug-likeness (QED) is 0.750. The molecule has 1 rings (SSSR count). The van der Waals surface area contributed by atoms with Crippen molar-refractivity contribution in [3.8, 4) is 0 Å². The number of sulfonamides is 1. The lowest BCUT2D eigenvalue weighted by Crippen LogP contribution is -2.13. The zero-order valence-electron chi connectivity index (χ0n) is 7.52. The molecule has 0 atom stereocenters. The maximum Gasteiger partial charge on any atom is 0.248 e. The van der Waals surface area contributed by atoms with Crippen LogP contribution in [-0.2, 0) is 10.0 Å². The lowest BCUT2D eigenvalue weighted by atomic mass is 10.2. The minimum atomic E-state index is -3.32. The Morgan fingerprint density at radius 1 is 1.43 bits per heavy atom. The molecular formula is C8H10N2O3S. The summed E-state index contributed by atoms with van der Waals surface area (Å²) in [7, 11) is -3.32. The van der Waals surface area contributed by atoms with E-state index in [1.54, 1.807) is 6.07 Å². The molecular weight excluding hydrogens is 204 g/mol. The Kier molecular flexibility index (Phi) is 2.76. The minimum Gasteiger partial charge on any atom is -0.366 e. The molecule has 0 aliphatic carbocycles. The molecule has 1 amide bonds.